The van der Waals surface area contributed by atoms with E-state index in [2.05, 4.69) is 20.9 Å². The predicted molar refractivity (Wildman–Crippen MR) is 128 cm³/mol. The number of para-hydroxylation sites is 2. The normalized spacial score (nSPS) is 10.8. The Balaban J connectivity index is 1.32. The molecule has 0 unspecified atom stereocenters. The van der Waals surface area contributed by atoms with Crippen LogP contribution in [0.4, 0.5) is 0 Å². The molecule has 0 fully saturated rings. The number of aromatic nitrogens is 3. The van der Waals surface area contributed by atoms with Crippen molar-refractivity contribution in [3.05, 3.63) is 84.4 Å². The molecule has 4 rings (SSSR count). The molecule has 170 valence electrons. The second-order valence-corrected chi connectivity index (χ2v) is 7.65. The van der Waals surface area contributed by atoms with Gasteiger partial charge in [-0.05, 0) is 49.2 Å². The van der Waals surface area contributed by atoms with Crippen LogP contribution in [0.2, 0.25) is 0 Å². The summed E-state index contributed by atoms with van der Waals surface area (Å²) in [6.45, 7) is 1.99. The summed E-state index contributed by atoms with van der Waals surface area (Å²) in [5.74, 6) is 2.45. The summed E-state index contributed by atoms with van der Waals surface area (Å²) in [7, 11) is 1.65. The quantitative estimate of drug-likeness (QED) is 0.350. The van der Waals surface area contributed by atoms with Gasteiger partial charge in [0.05, 0.1) is 30.3 Å². The number of pyridine rings is 1. The number of rotatable bonds is 11. The number of amides is 1. The molecule has 2 heterocycles. The van der Waals surface area contributed by atoms with Crippen molar-refractivity contribution in [3.8, 4) is 11.5 Å². The van der Waals surface area contributed by atoms with Crippen LogP contribution in [0.25, 0.3) is 11.0 Å². The van der Waals surface area contributed by atoms with Crippen LogP contribution < -0.4 is 14.8 Å². The summed E-state index contributed by atoms with van der Waals surface area (Å²) in [6, 6.07) is 19.3. The lowest BCUT2D eigenvalue weighted by atomic mass is 10.2. The van der Waals surface area contributed by atoms with E-state index in [-0.39, 0.29) is 5.91 Å². The zero-order chi connectivity index (χ0) is 22.9. The maximum Gasteiger partial charge on any atom is 0.252 e. The lowest BCUT2D eigenvalue weighted by Crippen LogP contribution is -2.26. The number of unbranched alkanes of at least 4 members (excludes halogenated alkanes) is 1. The standard InChI is InChI=1S/C26H28N4O3/c1-32-21-9-6-10-22(18-21)33-17-5-4-16-30-24-12-3-2-11-23(24)29-25(30)13-15-28-26(31)20-8-7-14-27-19-20/h2-3,6-12,14,18-19H,4-5,13,15-17H2,1H3,(H,28,31). The van der Waals surface area contributed by atoms with E-state index in [4.69, 9.17) is 14.5 Å². The number of fused-ring (bicyclic) bond motifs is 1. The van der Waals surface area contributed by atoms with Gasteiger partial charge in [0, 0.05) is 38.0 Å². The number of ether oxygens (including phenoxy) is 2. The third-order valence-electron chi connectivity index (χ3n) is 5.38. The minimum atomic E-state index is -0.125. The van der Waals surface area contributed by atoms with E-state index in [1.807, 2.05) is 42.5 Å². The van der Waals surface area contributed by atoms with Gasteiger partial charge in [-0.1, -0.05) is 18.2 Å². The van der Waals surface area contributed by atoms with Crippen molar-refractivity contribution in [2.24, 2.45) is 0 Å². The highest BCUT2D eigenvalue weighted by atomic mass is 16.5. The Kier molecular flexibility index (Phi) is 7.53. The molecule has 0 spiro atoms. The molecule has 0 aliphatic heterocycles. The van der Waals surface area contributed by atoms with Crippen LogP contribution >= 0.6 is 0 Å². The highest BCUT2D eigenvalue weighted by molar-refractivity contribution is 5.93. The van der Waals surface area contributed by atoms with Crippen molar-refractivity contribution in [2.75, 3.05) is 20.3 Å². The van der Waals surface area contributed by atoms with Crippen LogP contribution in [0.1, 0.15) is 29.0 Å². The lowest BCUT2D eigenvalue weighted by molar-refractivity contribution is 0.0953. The van der Waals surface area contributed by atoms with Crippen LogP contribution in [-0.2, 0) is 13.0 Å². The van der Waals surface area contributed by atoms with E-state index >= 15 is 0 Å². The van der Waals surface area contributed by atoms with Gasteiger partial charge >= 0.3 is 0 Å². The SMILES string of the molecule is COc1cccc(OCCCCn2c(CCNC(=O)c3cccnc3)nc3ccccc32)c1. The largest absolute Gasteiger partial charge is 0.497 e. The molecule has 0 aliphatic carbocycles. The minimum absolute atomic E-state index is 0.125. The number of hydrogen-bond acceptors (Lipinski definition) is 5. The number of imidazole rings is 1. The summed E-state index contributed by atoms with van der Waals surface area (Å²) < 4.78 is 13.3. The molecule has 4 aromatic rings. The third-order valence-corrected chi connectivity index (χ3v) is 5.38. The number of carbonyl (C=O) groups excluding carboxylic acids is 1. The van der Waals surface area contributed by atoms with E-state index in [1.54, 1.807) is 31.6 Å². The van der Waals surface area contributed by atoms with Gasteiger partial charge in [-0.2, -0.15) is 0 Å². The summed E-state index contributed by atoms with van der Waals surface area (Å²) in [5.41, 5.74) is 2.64. The van der Waals surface area contributed by atoms with Gasteiger partial charge in [-0.15, -0.1) is 0 Å². The second-order valence-electron chi connectivity index (χ2n) is 7.65. The average Bonchev–Trinajstić information content (AvgIpc) is 3.21. The fourth-order valence-electron chi connectivity index (χ4n) is 3.71. The number of methoxy groups -OCH3 is 1. The second kappa shape index (κ2) is 11.1. The van der Waals surface area contributed by atoms with Crippen molar-refractivity contribution in [2.45, 2.75) is 25.8 Å². The van der Waals surface area contributed by atoms with Gasteiger partial charge in [0.2, 0.25) is 0 Å². The molecule has 0 radical (unpaired) electrons. The summed E-state index contributed by atoms with van der Waals surface area (Å²) in [4.78, 5) is 21.1. The van der Waals surface area contributed by atoms with Crippen LogP contribution in [0.3, 0.4) is 0 Å². The van der Waals surface area contributed by atoms with Crippen molar-refractivity contribution < 1.29 is 14.3 Å². The fourth-order valence-corrected chi connectivity index (χ4v) is 3.71. The highest BCUT2D eigenvalue weighted by Crippen LogP contribution is 2.20. The monoisotopic (exact) mass is 444 g/mol. The number of nitrogens with one attached hydrogen (secondary N) is 1. The molecular weight excluding hydrogens is 416 g/mol. The molecule has 7 nitrogen and oxygen atoms in total. The van der Waals surface area contributed by atoms with Crippen LogP contribution in [0.15, 0.2) is 73.1 Å². The minimum Gasteiger partial charge on any atom is -0.497 e. The number of aryl methyl sites for hydroxylation is 1. The Morgan fingerprint density at radius 1 is 1.03 bits per heavy atom. The maximum absolute atomic E-state index is 12.3. The van der Waals surface area contributed by atoms with Crippen molar-refractivity contribution in [1.82, 2.24) is 19.9 Å². The van der Waals surface area contributed by atoms with Crippen molar-refractivity contribution >= 4 is 16.9 Å². The molecule has 1 N–H and O–H groups in total. The Morgan fingerprint density at radius 3 is 2.76 bits per heavy atom. The first-order valence-corrected chi connectivity index (χ1v) is 11.1. The average molecular weight is 445 g/mol. The molecular formula is C26H28N4O3. The molecule has 1 amide bonds. The van der Waals surface area contributed by atoms with Crippen LogP contribution in [-0.4, -0.2) is 40.7 Å². The van der Waals surface area contributed by atoms with Gasteiger partial charge in [0.1, 0.15) is 17.3 Å². The van der Waals surface area contributed by atoms with Gasteiger partial charge < -0.3 is 19.4 Å². The predicted octanol–water partition coefficient (Wildman–Crippen LogP) is 4.27. The van der Waals surface area contributed by atoms with Crippen molar-refractivity contribution in [3.63, 3.8) is 0 Å². The van der Waals surface area contributed by atoms with E-state index in [0.29, 0.717) is 25.1 Å². The first kappa shape index (κ1) is 22.3. The van der Waals surface area contributed by atoms with Gasteiger partial charge in [0.15, 0.2) is 0 Å². The van der Waals surface area contributed by atoms with E-state index in [9.17, 15) is 4.79 Å². The Labute approximate surface area is 193 Å². The van der Waals surface area contributed by atoms with Crippen LogP contribution in [0, 0.1) is 0 Å². The molecule has 2 aromatic carbocycles. The Morgan fingerprint density at radius 2 is 1.91 bits per heavy atom. The summed E-state index contributed by atoms with van der Waals surface area (Å²) in [5, 5.41) is 2.96. The van der Waals surface area contributed by atoms with Gasteiger partial charge in [-0.25, -0.2) is 4.98 Å². The van der Waals surface area contributed by atoms with E-state index in [0.717, 1.165) is 47.7 Å². The molecule has 0 aliphatic rings. The number of hydrogen-bond donors (Lipinski definition) is 1. The maximum atomic E-state index is 12.3. The molecule has 33 heavy (non-hydrogen) atoms. The van der Waals surface area contributed by atoms with Crippen LogP contribution in [0.5, 0.6) is 11.5 Å². The lowest BCUT2D eigenvalue weighted by Gasteiger charge is -2.11. The van der Waals surface area contributed by atoms with Gasteiger partial charge in [0.25, 0.3) is 5.91 Å². The molecule has 0 saturated carbocycles. The zero-order valence-electron chi connectivity index (χ0n) is 18.7. The van der Waals surface area contributed by atoms with E-state index in [1.165, 1.54) is 0 Å². The first-order chi connectivity index (χ1) is 16.2. The Hall–Kier alpha value is -3.87. The Bertz CT molecular complexity index is 1190. The molecule has 7 heteroatoms. The number of benzene rings is 2. The number of nitrogens with zero attached hydrogens (tertiary/aromatic N) is 3. The summed E-state index contributed by atoms with van der Waals surface area (Å²) >= 11 is 0. The first-order valence-electron chi connectivity index (χ1n) is 11.1. The highest BCUT2D eigenvalue weighted by Gasteiger charge is 2.11. The molecule has 0 saturated heterocycles. The molecule has 2 aromatic heterocycles. The third kappa shape index (κ3) is 5.88. The zero-order valence-corrected chi connectivity index (χ0v) is 18.7. The molecule has 0 atom stereocenters. The molecule has 0 bridgehead atoms. The van der Waals surface area contributed by atoms with Gasteiger partial charge in [-0.3, -0.25) is 9.78 Å². The fraction of sp³-hybridized carbons (Fsp3) is 0.269. The number of carbonyl (C=O) groups is 1. The van der Waals surface area contributed by atoms with E-state index < -0.39 is 0 Å². The summed E-state index contributed by atoms with van der Waals surface area (Å²) in [6.07, 6.45) is 5.75. The topological polar surface area (TPSA) is 78.3 Å². The smallest absolute Gasteiger partial charge is 0.252 e. The van der Waals surface area contributed by atoms with Crippen molar-refractivity contribution in [1.29, 1.82) is 0 Å².